The molecule has 0 bridgehead atoms. The number of piperidine rings is 1. The van der Waals surface area contributed by atoms with Crippen molar-refractivity contribution in [3.05, 3.63) is 48.2 Å². The van der Waals surface area contributed by atoms with Gasteiger partial charge in [0, 0.05) is 51.0 Å². The third kappa shape index (κ3) is 6.19. The van der Waals surface area contributed by atoms with E-state index in [-0.39, 0.29) is 0 Å². The van der Waals surface area contributed by atoms with E-state index in [1.165, 1.54) is 0 Å². The molecular formula is C28H33FN8O2. The molecule has 0 spiro atoms. The molecule has 39 heavy (non-hydrogen) atoms. The van der Waals surface area contributed by atoms with Crippen molar-refractivity contribution in [3.8, 4) is 29.0 Å². The predicted molar refractivity (Wildman–Crippen MR) is 147 cm³/mol. The highest BCUT2D eigenvalue weighted by molar-refractivity contribution is 5.66. The maximum Gasteiger partial charge on any atom is 0.239 e. The maximum atomic E-state index is 14.5. The number of likely N-dealkylation sites (tertiary alicyclic amines) is 1. The summed E-state index contributed by atoms with van der Waals surface area (Å²) in [6.45, 7) is 4.86. The summed E-state index contributed by atoms with van der Waals surface area (Å²) in [5.74, 6) is 1.83. The highest BCUT2D eigenvalue weighted by Gasteiger charge is 2.30. The molecule has 2 atom stereocenters. The van der Waals surface area contributed by atoms with Gasteiger partial charge in [-0.1, -0.05) is 0 Å². The van der Waals surface area contributed by atoms with Crippen LogP contribution in [0, 0.1) is 11.3 Å². The Kier molecular flexibility index (Phi) is 8.05. The van der Waals surface area contributed by atoms with Crippen LogP contribution < -0.4 is 19.7 Å². The zero-order valence-electron chi connectivity index (χ0n) is 22.5. The van der Waals surface area contributed by atoms with E-state index in [2.05, 4.69) is 43.2 Å². The van der Waals surface area contributed by atoms with E-state index in [0.717, 1.165) is 44.0 Å². The quantitative estimate of drug-likeness (QED) is 0.487. The topological polar surface area (TPSA) is 103 Å². The van der Waals surface area contributed by atoms with Crippen molar-refractivity contribution in [2.75, 3.05) is 70.7 Å². The van der Waals surface area contributed by atoms with Gasteiger partial charge in [0.2, 0.25) is 11.8 Å². The normalized spacial score (nSPS) is 20.3. The second-order valence-electron chi connectivity index (χ2n) is 9.95. The number of hydrogen-bond acceptors (Lipinski definition) is 10. The molecular weight excluding hydrogens is 499 g/mol. The summed E-state index contributed by atoms with van der Waals surface area (Å²) in [6, 6.07) is 13.0. The molecule has 1 N–H and O–H groups in total. The average molecular weight is 533 g/mol. The number of alkyl halides is 1. The first-order valence-corrected chi connectivity index (χ1v) is 13.1. The number of likely N-dealkylation sites (N-methyl/N-ethyl adjacent to an activating group) is 1. The first-order chi connectivity index (χ1) is 18.9. The van der Waals surface area contributed by atoms with Gasteiger partial charge in [-0.2, -0.15) is 10.2 Å². The smallest absolute Gasteiger partial charge is 0.239 e. The molecule has 0 unspecified atom stereocenters. The van der Waals surface area contributed by atoms with E-state index in [9.17, 15) is 9.65 Å². The molecule has 10 nitrogen and oxygen atoms in total. The number of rotatable bonds is 7. The van der Waals surface area contributed by atoms with Crippen molar-refractivity contribution in [2.45, 2.75) is 18.7 Å². The molecule has 5 rings (SSSR count). The van der Waals surface area contributed by atoms with Crippen LogP contribution in [0.15, 0.2) is 42.6 Å². The number of ether oxygens (including phenoxy) is 2. The lowest BCUT2D eigenvalue weighted by Crippen LogP contribution is -2.45. The van der Waals surface area contributed by atoms with Crippen molar-refractivity contribution in [3.63, 3.8) is 0 Å². The van der Waals surface area contributed by atoms with Crippen molar-refractivity contribution >= 4 is 17.5 Å². The fourth-order valence-corrected chi connectivity index (χ4v) is 4.85. The molecule has 2 aliphatic heterocycles. The van der Waals surface area contributed by atoms with Crippen LogP contribution >= 0.6 is 0 Å². The van der Waals surface area contributed by atoms with Crippen LogP contribution in [0.5, 0.6) is 11.6 Å². The van der Waals surface area contributed by atoms with Gasteiger partial charge in [-0.05, 0) is 56.9 Å². The van der Waals surface area contributed by atoms with E-state index in [0.29, 0.717) is 47.6 Å². The lowest BCUT2D eigenvalue weighted by Gasteiger charge is -2.34. The first kappa shape index (κ1) is 26.6. The number of nitrogens with one attached hydrogen (secondary N) is 1. The Balaban J connectivity index is 1.31. The van der Waals surface area contributed by atoms with Gasteiger partial charge in [0.15, 0.2) is 0 Å². The third-order valence-corrected chi connectivity index (χ3v) is 7.13. The molecule has 4 heterocycles. The molecule has 3 aromatic rings. The number of pyridine rings is 1. The van der Waals surface area contributed by atoms with E-state index >= 15 is 0 Å². The minimum atomic E-state index is -1.10. The second kappa shape index (κ2) is 11.8. The van der Waals surface area contributed by atoms with Crippen LogP contribution in [-0.4, -0.2) is 97.5 Å². The zero-order valence-corrected chi connectivity index (χ0v) is 22.5. The molecule has 1 aromatic carbocycles. The molecule has 0 aliphatic carbocycles. The molecule has 0 amide bonds. The SMILES string of the molecule is COc1nc(Nc2nccc(-c3ccc(O[C@H]4CCN(C)C[C@H]4F)c(C#N)c3)n2)ccc1N1CCN(C)CC1. The lowest BCUT2D eigenvalue weighted by atomic mass is 10.0. The first-order valence-electron chi connectivity index (χ1n) is 13.1. The van der Waals surface area contributed by atoms with Crippen LogP contribution in [0.2, 0.25) is 0 Å². The largest absolute Gasteiger partial charge is 0.486 e. The number of nitriles is 1. The fraction of sp³-hybridized carbons (Fsp3) is 0.429. The van der Waals surface area contributed by atoms with Crippen LogP contribution in [-0.2, 0) is 0 Å². The number of benzene rings is 1. The van der Waals surface area contributed by atoms with Gasteiger partial charge in [-0.15, -0.1) is 0 Å². The number of piperazine rings is 1. The Morgan fingerprint density at radius 3 is 2.59 bits per heavy atom. The van der Waals surface area contributed by atoms with Crippen molar-refractivity contribution in [1.29, 1.82) is 5.26 Å². The molecule has 2 aliphatic rings. The van der Waals surface area contributed by atoms with Crippen LogP contribution in [0.25, 0.3) is 11.3 Å². The summed E-state index contributed by atoms with van der Waals surface area (Å²) in [7, 11) is 5.62. The van der Waals surface area contributed by atoms with Crippen molar-refractivity contribution in [2.24, 2.45) is 0 Å². The van der Waals surface area contributed by atoms with Crippen LogP contribution in [0.4, 0.5) is 21.8 Å². The highest BCUT2D eigenvalue weighted by atomic mass is 19.1. The monoisotopic (exact) mass is 532 g/mol. The van der Waals surface area contributed by atoms with E-state index in [4.69, 9.17) is 9.47 Å². The standard InChI is InChI=1S/C28H33FN8O2/c1-35-12-14-37(15-13-35)23-5-7-26(33-27(23)38-3)34-28-31-10-8-22(32-28)19-4-6-24(20(16-19)17-30)39-25-9-11-36(2)18-21(25)29/h4-8,10,16,21,25H,9,11-15,18H2,1-3H3,(H,31,32,33,34)/t21-,25+/m1/s1. The maximum absolute atomic E-state index is 14.5. The Morgan fingerprint density at radius 2 is 1.85 bits per heavy atom. The summed E-state index contributed by atoms with van der Waals surface area (Å²) < 4.78 is 26.0. The number of methoxy groups -OCH3 is 1. The predicted octanol–water partition coefficient (Wildman–Crippen LogP) is 3.34. The molecule has 2 fully saturated rings. The summed E-state index contributed by atoms with van der Waals surface area (Å²) in [4.78, 5) is 20.1. The molecule has 204 valence electrons. The van der Waals surface area contributed by atoms with Gasteiger partial charge in [0.1, 0.15) is 35.6 Å². The van der Waals surface area contributed by atoms with Crippen molar-refractivity contribution < 1.29 is 13.9 Å². The zero-order chi connectivity index (χ0) is 27.4. The van der Waals surface area contributed by atoms with Gasteiger partial charge in [-0.3, -0.25) is 0 Å². The van der Waals surface area contributed by atoms with Crippen LogP contribution in [0.1, 0.15) is 12.0 Å². The Bertz CT molecular complexity index is 1340. The number of aromatic nitrogens is 3. The van der Waals surface area contributed by atoms with Gasteiger partial charge < -0.3 is 29.5 Å². The minimum absolute atomic E-state index is 0.320. The number of hydrogen-bond donors (Lipinski definition) is 1. The van der Waals surface area contributed by atoms with Gasteiger partial charge >= 0.3 is 0 Å². The van der Waals surface area contributed by atoms with Crippen LogP contribution in [0.3, 0.4) is 0 Å². The fourth-order valence-electron chi connectivity index (χ4n) is 4.85. The Labute approximate surface area is 228 Å². The highest BCUT2D eigenvalue weighted by Crippen LogP contribution is 2.31. The third-order valence-electron chi connectivity index (χ3n) is 7.13. The van der Waals surface area contributed by atoms with E-state index < -0.39 is 12.3 Å². The molecule has 11 heteroatoms. The molecule has 2 saturated heterocycles. The molecule has 2 aromatic heterocycles. The lowest BCUT2D eigenvalue weighted by molar-refractivity contribution is 0.0312. The van der Waals surface area contributed by atoms with E-state index in [1.807, 2.05) is 30.1 Å². The minimum Gasteiger partial charge on any atom is -0.486 e. The average Bonchev–Trinajstić information content (AvgIpc) is 2.95. The summed E-state index contributed by atoms with van der Waals surface area (Å²) in [5.41, 5.74) is 2.63. The molecule has 0 saturated carbocycles. The summed E-state index contributed by atoms with van der Waals surface area (Å²) in [5, 5.41) is 12.9. The van der Waals surface area contributed by atoms with Gasteiger partial charge in [-0.25, -0.2) is 14.4 Å². The molecule has 0 radical (unpaired) electrons. The Hall–Kier alpha value is -4.01. The number of halogens is 1. The van der Waals surface area contributed by atoms with E-state index in [1.54, 1.807) is 31.5 Å². The van der Waals surface area contributed by atoms with Crippen molar-refractivity contribution in [1.82, 2.24) is 24.8 Å². The summed E-state index contributed by atoms with van der Waals surface area (Å²) >= 11 is 0. The van der Waals surface area contributed by atoms with Gasteiger partial charge in [0.05, 0.1) is 18.4 Å². The number of nitrogens with zero attached hydrogens (tertiary/aromatic N) is 7. The second-order valence-corrected chi connectivity index (χ2v) is 9.95. The Morgan fingerprint density at radius 1 is 1.03 bits per heavy atom. The number of anilines is 3. The van der Waals surface area contributed by atoms with Gasteiger partial charge in [0.25, 0.3) is 0 Å². The summed E-state index contributed by atoms with van der Waals surface area (Å²) in [6.07, 6.45) is 0.540.